The average Bonchev–Trinajstić information content (AvgIpc) is 2.09. The second-order valence-electron chi connectivity index (χ2n) is 3.15. The SMILES string of the molecule is OCC[C@@H]1NCCN[C@@H]1CCO. The molecule has 0 amide bonds. The summed E-state index contributed by atoms with van der Waals surface area (Å²) in [6, 6.07) is 0.631. The van der Waals surface area contributed by atoms with Crippen LogP contribution in [0.1, 0.15) is 12.8 Å². The van der Waals surface area contributed by atoms with Gasteiger partial charge in [0.15, 0.2) is 0 Å². The van der Waals surface area contributed by atoms with Gasteiger partial charge in [0.2, 0.25) is 0 Å². The number of aliphatic hydroxyl groups excluding tert-OH is 2. The van der Waals surface area contributed by atoms with E-state index in [0.29, 0.717) is 12.1 Å². The molecule has 1 heterocycles. The van der Waals surface area contributed by atoms with Crippen molar-refractivity contribution < 1.29 is 10.2 Å². The van der Waals surface area contributed by atoms with E-state index in [1.807, 2.05) is 0 Å². The van der Waals surface area contributed by atoms with Crippen LogP contribution in [0.5, 0.6) is 0 Å². The smallest absolute Gasteiger partial charge is 0.0446 e. The van der Waals surface area contributed by atoms with E-state index in [0.717, 1.165) is 25.9 Å². The van der Waals surface area contributed by atoms with Gasteiger partial charge in [-0.05, 0) is 12.8 Å². The molecule has 72 valence electrons. The van der Waals surface area contributed by atoms with E-state index in [4.69, 9.17) is 10.2 Å². The molecule has 0 aliphatic carbocycles. The minimum Gasteiger partial charge on any atom is -0.396 e. The van der Waals surface area contributed by atoms with E-state index in [1.54, 1.807) is 0 Å². The Hall–Kier alpha value is -0.160. The van der Waals surface area contributed by atoms with Crippen molar-refractivity contribution in [3.8, 4) is 0 Å². The predicted octanol–water partition coefficient (Wildman–Crippen LogP) is -1.32. The van der Waals surface area contributed by atoms with Gasteiger partial charge in [0, 0.05) is 38.4 Å². The zero-order valence-corrected chi connectivity index (χ0v) is 7.29. The van der Waals surface area contributed by atoms with Crippen molar-refractivity contribution in [2.75, 3.05) is 26.3 Å². The van der Waals surface area contributed by atoms with Crippen LogP contribution in [-0.2, 0) is 0 Å². The minimum absolute atomic E-state index is 0.210. The maximum absolute atomic E-state index is 8.77. The summed E-state index contributed by atoms with van der Waals surface area (Å²) in [5.74, 6) is 0. The van der Waals surface area contributed by atoms with Gasteiger partial charge in [0.25, 0.3) is 0 Å². The Balaban J connectivity index is 2.31. The molecule has 1 fully saturated rings. The molecule has 0 bridgehead atoms. The number of aliphatic hydroxyl groups is 2. The van der Waals surface area contributed by atoms with Gasteiger partial charge in [-0.25, -0.2) is 0 Å². The third-order valence-electron chi connectivity index (χ3n) is 2.30. The molecule has 0 aromatic carbocycles. The minimum atomic E-state index is 0.210. The van der Waals surface area contributed by atoms with E-state index in [-0.39, 0.29) is 13.2 Å². The van der Waals surface area contributed by atoms with Gasteiger partial charge in [0.05, 0.1) is 0 Å². The van der Waals surface area contributed by atoms with Gasteiger partial charge < -0.3 is 20.8 Å². The summed E-state index contributed by atoms with van der Waals surface area (Å²) in [5, 5.41) is 24.2. The van der Waals surface area contributed by atoms with Crippen molar-refractivity contribution in [2.24, 2.45) is 0 Å². The van der Waals surface area contributed by atoms with Crippen LogP contribution < -0.4 is 10.6 Å². The largest absolute Gasteiger partial charge is 0.396 e. The first-order chi connectivity index (χ1) is 5.88. The Morgan fingerprint density at radius 1 is 0.917 bits per heavy atom. The van der Waals surface area contributed by atoms with E-state index in [1.165, 1.54) is 0 Å². The molecular formula is C8H18N2O2. The van der Waals surface area contributed by atoms with Crippen LogP contribution in [0.25, 0.3) is 0 Å². The van der Waals surface area contributed by atoms with Crippen molar-refractivity contribution in [2.45, 2.75) is 24.9 Å². The summed E-state index contributed by atoms with van der Waals surface area (Å²) < 4.78 is 0. The molecule has 2 atom stereocenters. The van der Waals surface area contributed by atoms with Gasteiger partial charge in [-0.1, -0.05) is 0 Å². The Morgan fingerprint density at radius 3 is 1.67 bits per heavy atom. The van der Waals surface area contributed by atoms with Crippen molar-refractivity contribution >= 4 is 0 Å². The zero-order valence-electron chi connectivity index (χ0n) is 7.29. The normalized spacial score (nSPS) is 30.5. The molecule has 4 N–H and O–H groups in total. The third kappa shape index (κ3) is 2.71. The molecule has 0 spiro atoms. The molecule has 4 nitrogen and oxygen atoms in total. The van der Waals surface area contributed by atoms with Crippen LogP contribution >= 0.6 is 0 Å². The molecule has 1 rings (SSSR count). The first kappa shape index (κ1) is 9.92. The van der Waals surface area contributed by atoms with Crippen molar-refractivity contribution in [1.82, 2.24) is 10.6 Å². The van der Waals surface area contributed by atoms with E-state index >= 15 is 0 Å². The third-order valence-corrected chi connectivity index (χ3v) is 2.30. The summed E-state index contributed by atoms with van der Waals surface area (Å²) in [4.78, 5) is 0. The van der Waals surface area contributed by atoms with Crippen molar-refractivity contribution in [3.05, 3.63) is 0 Å². The Morgan fingerprint density at radius 2 is 1.33 bits per heavy atom. The fraction of sp³-hybridized carbons (Fsp3) is 1.00. The second-order valence-corrected chi connectivity index (χ2v) is 3.15. The molecular weight excluding hydrogens is 156 g/mol. The van der Waals surface area contributed by atoms with E-state index in [9.17, 15) is 0 Å². The summed E-state index contributed by atoms with van der Waals surface area (Å²) in [7, 11) is 0. The lowest BCUT2D eigenvalue weighted by atomic mass is 10.0. The van der Waals surface area contributed by atoms with Crippen molar-refractivity contribution in [3.63, 3.8) is 0 Å². The first-order valence-electron chi connectivity index (χ1n) is 4.57. The molecule has 1 aliphatic rings. The topological polar surface area (TPSA) is 64.5 Å². The summed E-state index contributed by atoms with van der Waals surface area (Å²) in [6.45, 7) is 2.32. The molecule has 4 heteroatoms. The van der Waals surface area contributed by atoms with Crippen LogP contribution in [0.4, 0.5) is 0 Å². The zero-order chi connectivity index (χ0) is 8.81. The fourth-order valence-electron chi connectivity index (χ4n) is 1.68. The van der Waals surface area contributed by atoms with Gasteiger partial charge in [0.1, 0.15) is 0 Å². The molecule has 0 unspecified atom stereocenters. The lowest BCUT2D eigenvalue weighted by Gasteiger charge is -2.33. The second kappa shape index (κ2) is 5.48. The molecule has 0 radical (unpaired) electrons. The summed E-state index contributed by atoms with van der Waals surface area (Å²) in [5.41, 5.74) is 0. The van der Waals surface area contributed by atoms with Crippen LogP contribution in [0.15, 0.2) is 0 Å². The quantitative estimate of drug-likeness (QED) is 0.427. The van der Waals surface area contributed by atoms with Gasteiger partial charge in [-0.2, -0.15) is 0 Å². The summed E-state index contributed by atoms with van der Waals surface area (Å²) in [6.07, 6.45) is 1.52. The van der Waals surface area contributed by atoms with Crippen LogP contribution in [0, 0.1) is 0 Å². The highest BCUT2D eigenvalue weighted by Crippen LogP contribution is 2.05. The number of piperazine rings is 1. The van der Waals surface area contributed by atoms with Crippen molar-refractivity contribution in [1.29, 1.82) is 0 Å². The lowest BCUT2D eigenvalue weighted by molar-refractivity contribution is 0.196. The number of nitrogens with one attached hydrogen (secondary N) is 2. The van der Waals surface area contributed by atoms with E-state index < -0.39 is 0 Å². The average molecular weight is 174 g/mol. The molecule has 12 heavy (non-hydrogen) atoms. The Kier molecular flexibility index (Phi) is 4.53. The number of rotatable bonds is 4. The molecule has 1 saturated heterocycles. The summed E-state index contributed by atoms with van der Waals surface area (Å²) >= 11 is 0. The lowest BCUT2D eigenvalue weighted by Crippen LogP contribution is -2.56. The molecule has 0 aromatic rings. The standard InChI is InChI=1S/C8H18N2O2/c11-5-1-7-8(2-6-12)10-4-3-9-7/h7-12H,1-6H2/t7-,8+. The fourth-order valence-corrected chi connectivity index (χ4v) is 1.68. The van der Waals surface area contributed by atoms with Gasteiger partial charge >= 0.3 is 0 Å². The Bertz CT molecular complexity index is 104. The molecule has 0 aromatic heterocycles. The molecule has 1 aliphatic heterocycles. The number of hydrogen-bond acceptors (Lipinski definition) is 4. The van der Waals surface area contributed by atoms with Gasteiger partial charge in [-0.3, -0.25) is 0 Å². The van der Waals surface area contributed by atoms with Crippen LogP contribution in [-0.4, -0.2) is 48.6 Å². The van der Waals surface area contributed by atoms with E-state index in [2.05, 4.69) is 10.6 Å². The van der Waals surface area contributed by atoms with Gasteiger partial charge in [-0.15, -0.1) is 0 Å². The highest BCUT2D eigenvalue weighted by Gasteiger charge is 2.22. The Labute approximate surface area is 73.0 Å². The van der Waals surface area contributed by atoms with Crippen LogP contribution in [0.2, 0.25) is 0 Å². The monoisotopic (exact) mass is 174 g/mol. The predicted molar refractivity (Wildman–Crippen MR) is 47.0 cm³/mol. The highest BCUT2D eigenvalue weighted by atomic mass is 16.3. The molecule has 0 saturated carbocycles. The first-order valence-corrected chi connectivity index (χ1v) is 4.57. The highest BCUT2D eigenvalue weighted by molar-refractivity contribution is 4.86. The maximum atomic E-state index is 8.77. The maximum Gasteiger partial charge on any atom is 0.0446 e. The number of hydrogen-bond donors (Lipinski definition) is 4. The van der Waals surface area contributed by atoms with Crippen LogP contribution in [0.3, 0.4) is 0 Å².